The van der Waals surface area contributed by atoms with E-state index in [2.05, 4.69) is 5.32 Å². The lowest BCUT2D eigenvalue weighted by Gasteiger charge is -2.16. The summed E-state index contributed by atoms with van der Waals surface area (Å²) in [5.74, 6) is -2.07. The summed E-state index contributed by atoms with van der Waals surface area (Å²) < 4.78 is 23.3. The Labute approximate surface area is 143 Å². The van der Waals surface area contributed by atoms with E-state index in [0.717, 1.165) is 11.0 Å². The van der Waals surface area contributed by atoms with E-state index in [1.54, 1.807) is 12.1 Å². The molecule has 7 nitrogen and oxygen atoms in total. The molecule has 1 aromatic carbocycles. The van der Waals surface area contributed by atoms with Crippen LogP contribution in [-0.2, 0) is 20.9 Å². The van der Waals surface area contributed by atoms with E-state index in [9.17, 15) is 18.8 Å². The third-order valence-corrected chi connectivity index (χ3v) is 3.27. The van der Waals surface area contributed by atoms with Gasteiger partial charge in [-0.2, -0.15) is 0 Å². The van der Waals surface area contributed by atoms with E-state index in [1.807, 2.05) is 0 Å². The second-order valence-electron chi connectivity index (χ2n) is 5.16. The quantitative estimate of drug-likeness (QED) is 0.763. The predicted octanol–water partition coefficient (Wildman–Crippen LogP) is 1.35. The van der Waals surface area contributed by atoms with Crippen LogP contribution in [0.15, 0.2) is 47.1 Å². The van der Waals surface area contributed by atoms with Crippen molar-refractivity contribution in [2.45, 2.75) is 6.54 Å². The number of halogens is 1. The molecule has 0 aliphatic heterocycles. The van der Waals surface area contributed by atoms with Crippen LogP contribution >= 0.6 is 0 Å². The molecule has 25 heavy (non-hydrogen) atoms. The SMILES string of the molecule is CN(CC(=O)NCc1ccco1)C(=O)COC(=O)c1ccccc1F. The molecular formula is C17H17FN2O5. The van der Waals surface area contributed by atoms with Gasteiger partial charge in [-0.3, -0.25) is 9.59 Å². The number of esters is 1. The summed E-state index contributed by atoms with van der Waals surface area (Å²) in [4.78, 5) is 36.5. The van der Waals surface area contributed by atoms with Gasteiger partial charge < -0.3 is 19.4 Å². The van der Waals surface area contributed by atoms with E-state index in [4.69, 9.17) is 9.15 Å². The number of carbonyl (C=O) groups is 3. The molecule has 1 heterocycles. The molecule has 0 unspecified atom stereocenters. The maximum atomic E-state index is 13.4. The number of nitrogens with zero attached hydrogens (tertiary/aromatic N) is 1. The lowest BCUT2D eigenvalue weighted by atomic mass is 10.2. The molecule has 0 saturated heterocycles. The zero-order valence-corrected chi connectivity index (χ0v) is 13.5. The van der Waals surface area contributed by atoms with Crippen molar-refractivity contribution in [1.29, 1.82) is 0 Å². The third-order valence-electron chi connectivity index (χ3n) is 3.27. The summed E-state index contributed by atoms with van der Waals surface area (Å²) in [6.45, 7) is -0.595. The van der Waals surface area contributed by atoms with Gasteiger partial charge in [0.15, 0.2) is 6.61 Å². The highest BCUT2D eigenvalue weighted by Crippen LogP contribution is 2.08. The van der Waals surface area contributed by atoms with Gasteiger partial charge in [0.25, 0.3) is 5.91 Å². The highest BCUT2D eigenvalue weighted by atomic mass is 19.1. The van der Waals surface area contributed by atoms with Crippen molar-refractivity contribution in [2.75, 3.05) is 20.2 Å². The van der Waals surface area contributed by atoms with Gasteiger partial charge in [0.05, 0.1) is 24.9 Å². The van der Waals surface area contributed by atoms with Crippen molar-refractivity contribution in [3.63, 3.8) is 0 Å². The van der Waals surface area contributed by atoms with E-state index >= 15 is 0 Å². The van der Waals surface area contributed by atoms with Crippen LogP contribution in [0, 0.1) is 5.82 Å². The minimum atomic E-state index is -0.942. The Kier molecular flexibility index (Phi) is 6.27. The Balaban J connectivity index is 1.75. The van der Waals surface area contributed by atoms with Gasteiger partial charge >= 0.3 is 5.97 Å². The predicted molar refractivity (Wildman–Crippen MR) is 84.9 cm³/mol. The van der Waals surface area contributed by atoms with E-state index < -0.39 is 30.2 Å². The Hall–Kier alpha value is -3.16. The van der Waals surface area contributed by atoms with Gasteiger partial charge in [0.1, 0.15) is 11.6 Å². The van der Waals surface area contributed by atoms with E-state index in [-0.39, 0.29) is 18.7 Å². The third kappa shape index (κ3) is 5.45. The number of hydrogen-bond acceptors (Lipinski definition) is 5. The number of furan rings is 1. The highest BCUT2D eigenvalue weighted by Gasteiger charge is 2.17. The number of rotatable bonds is 7. The zero-order valence-electron chi connectivity index (χ0n) is 13.5. The van der Waals surface area contributed by atoms with Gasteiger partial charge in [0.2, 0.25) is 5.91 Å². The van der Waals surface area contributed by atoms with Crippen LogP contribution in [0.3, 0.4) is 0 Å². The number of likely N-dealkylation sites (N-methyl/N-ethyl adjacent to an activating group) is 1. The molecule has 2 aromatic rings. The lowest BCUT2D eigenvalue weighted by Crippen LogP contribution is -2.39. The van der Waals surface area contributed by atoms with Crippen molar-refractivity contribution < 1.29 is 27.9 Å². The van der Waals surface area contributed by atoms with Crippen LogP contribution in [-0.4, -0.2) is 42.9 Å². The molecular weight excluding hydrogens is 331 g/mol. The molecule has 0 fully saturated rings. The Morgan fingerprint density at radius 2 is 1.96 bits per heavy atom. The molecule has 0 atom stereocenters. The summed E-state index contributed by atoms with van der Waals surface area (Å²) in [5, 5.41) is 2.59. The maximum absolute atomic E-state index is 13.4. The average molecular weight is 348 g/mol. The minimum Gasteiger partial charge on any atom is -0.467 e. The Bertz CT molecular complexity index is 745. The number of hydrogen-bond donors (Lipinski definition) is 1. The van der Waals surface area contributed by atoms with Gasteiger partial charge in [-0.1, -0.05) is 12.1 Å². The molecule has 1 N–H and O–H groups in total. The second kappa shape index (κ2) is 8.62. The molecule has 8 heteroatoms. The zero-order chi connectivity index (χ0) is 18.2. The van der Waals surface area contributed by atoms with E-state index in [0.29, 0.717) is 5.76 Å². The fourth-order valence-electron chi connectivity index (χ4n) is 1.90. The molecule has 2 amide bonds. The normalized spacial score (nSPS) is 10.2. The lowest BCUT2D eigenvalue weighted by molar-refractivity contribution is -0.137. The number of benzene rings is 1. The minimum absolute atomic E-state index is 0.204. The average Bonchev–Trinajstić information content (AvgIpc) is 3.11. The summed E-state index contributed by atoms with van der Waals surface area (Å²) >= 11 is 0. The molecule has 0 aliphatic carbocycles. The van der Waals surface area contributed by atoms with Gasteiger partial charge in [-0.05, 0) is 24.3 Å². The van der Waals surface area contributed by atoms with Crippen LogP contribution in [0.1, 0.15) is 16.1 Å². The largest absolute Gasteiger partial charge is 0.467 e. The molecule has 0 bridgehead atoms. The van der Waals surface area contributed by atoms with Crippen LogP contribution < -0.4 is 5.32 Å². The Morgan fingerprint density at radius 3 is 2.64 bits per heavy atom. The van der Waals surface area contributed by atoms with Crippen LogP contribution in [0.5, 0.6) is 0 Å². The summed E-state index contributed by atoms with van der Waals surface area (Å²) in [7, 11) is 1.39. The second-order valence-corrected chi connectivity index (χ2v) is 5.16. The molecule has 0 aliphatic rings. The first kappa shape index (κ1) is 18.2. The smallest absolute Gasteiger partial charge is 0.341 e. The standard InChI is InChI=1S/C17H17FN2O5/c1-20(10-15(21)19-9-12-5-4-8-24-12)16(22)11-25-17(23)13-6-2-3-7-14(13)18/h2-8H,9-11H2,1H3,(H,19,21). The fraction of sp³-hybridized carbons (Fsp3) is 0.235. The van der Waals surface area contributed by atoms with Gasteiger partial charge in [-0.25, -0.2) is 9.18 Å². The molecule has 0 spiro atoms. The molecule has 132 valence electrons. The number of ether oxygens (including phenoxy) is 1. The monoisotopic (exact) mass is 348 g/mol. The maximum Gasteiger partial charge on any atom is 0.341 e. The number of nitrogens with one attached hydrogen (secondary N) is 1. The van der Waals surface area contributed by atoms with Crippen molar-refractivity contribution in [3.05, 3.63) is 59.8 Å². The molecule has 2 rings (SSSR count). The first-order valence-electron chi connectivity index (χ1n) is 7.42. The molecule has 0 radical (unpaired) electrons. The number of amides is 2. The van der Waals surface area contributed by atoms with Crippen molar-refractivity contribution in [3.8, 4) is 0 Å². The molecule has 1 aromatic heterocycles. The highest BCUT2D eigenvalue weighted by molar-refractivity contribution is 5.92. The summed E-state index contributed by atoms with van der Waals surface area (Å²) in [6.07, 6.45) is 1.49. The van der Waals surface area contributed by atoms with Crippen LogP contribution in [0.4, 0.5) is 4.39 Å². The summed E-state index contributed by atoms with van der Waals surface area (Å²) in [5.41, 5.74) is -0.255. The first-order chi connectivity index (χ1) is 12.0. The van der Waals surface area contributed by atoms with Gasteiger partial charge in [0, 0.05) is 7.05 Å². The van der Waals surface area contributed by atoms with Crippen molar-refractivity contribution in [1.82, 2.24) is 10.2 Å². The fourth-order valence-corrected chi connectivity index (χ4v) is 1.90. The van der Waals surface area contributed by atoms with E-state index in [1.165, 1.54) is 31.5 Å². The molecule has 0 saturated carbocycles. The Morgan fingerprint density at radius 1 is 1.20 bits per heavy atom. The van der Waals surface area contributed by atoms with Crippen molar-refractivity contribution in [2.24, 2.45) is 0 Å². The topological polar surface area (TPSA) is 88.8 Å². The van der Waals surface area contributed by atoms with Crippen LogP contribution in [0.2, 0.25) is 0 Å². The van der Waals surface area contributed by atoms with Crippen LogP contribution in [0.25, 0.3) is 0 Å². The van der Waals surface area contributed by atoms with Gasteiger partial charge in [-0.15, -0.1) is 0 Å². The summed E-state index contributed by atoms with van der Waals surface area (Å²) in [6, 6.07) is 8.70. The first-order valence-corrected chi connectivity index (χ1v) is 7.42. The number of carbonyl (C=O) groups excluding carboxylic acids is 3. The van der Waals surface area contributed by atoms with Crippen molar-refractivity contribution >= 4 is 17.8 Å².